The average Bonchev–Trinajstić information content (AvgIpc) is 2.78. The largest absolute Gasteiger partial charge is 0.493 e. The Balaban J connectivity index is 1.70. The lowest BCUT2D eigenvalue weighted by atomic mass is 10.2. The number of hydrazone groups is 1. The minimum Gasteiger partial charge on any atom is -0.493 e. The third-order valence-electron chi connectivity index (χ3n) is 4.11. The van der Waals surface area contributed by atoms with Crippen LogP contribution in [0.5, 0.6) is 11.5 Å². The molecule has 0 bridgehead atoms. The molecule has 3 aromatic rings. The van der Waals surface area contributed by atoms with E-state index >= 15 is 0 Å². The average molecular weight is 549 g/mol. The van der Waals surface area contributed by atoms with Crippen LogP contribution in [0.4, 0.5) is 17.2 Å². The molecule has 0 saturated heterocycles. The lowest BCUT2D eigenvalue weighted by molar-refractivity contribution is -0.385. The molecule has 1 N–H and O–H groups in total. The van der Waals surface area contributed by atoms with Gasteiger partial charge in [0.2, 0.25) is 0 Å². The second kappa shape index (κ2) is 10.5. The van der Waals surface area contributed by atoms with E-state index in [4.69, 9.17) is 9.47 Å². The summed E-state index contributed by atoms with van der Waals surface area (Å²) in [5.74, 6) is 1.32. The van der Waals surface area contributed by atoms with Gasteiger partial charge in [0.25, 0.3) is 11.4 Å². The topological polar surface area (TPSA) is 142 Å². The van der Waals surface area contributed by atoms with Crippen LogP contribution >= 0.6 is 22.6 Å². The van der Waals surface area contributed by atoms with E-state index in [2.05, 4.69) is 38.1 Å². The van der Waals surface area contributed by atoms with E-state index < -0.39 is 9.85 Å². The molecule has 11 nitrogen and oxygen atoms in total. The first-order valence-electron chi connectivity index (χ1n) is 9.00. The van der Waals surface area contributed by atoms with Gasteiger partial charge in [-0.2, -0.15) is 5.10 Å². The van der Waals surface area contributed by atoms with Crippen LogP contribution in [0.25, 0.3) is 0 Å². The molecular weight excluding hydrogens is 533 g/mol. The molecule has 0 aliphatic rings. The van der Waals surface area contributed by atoms with Crippen molar-refractivity contribution >= 4 is 46.0 Å². The molecule has 32 heavy (non-hydrogen) atoms. The summed E-state index contributed by atoms with van der Waals surface area (Å²) in [6.45, 7) is 0.134. The Morgan fingerprint density at radius 1 is 1.12 bits per heavy atom. The van der Waals surface area contributed by atoms with Crippen LogP contribution in [0.1, 0.15) is 11.1 Å². The number of benzene rings is 2. The van der Waals surface area contributed by atoms with Gasteiger partial charge in [-0.15, -0.1) is 0 Å². The summed E-state index contributed by atoms with van der Waals surface area (Å²) in [5, 5.41) is 25.7. The fourth-order valence-corrected chi connectivity index (χ4v) is 3.38. The molecule has 0 amide bonds. The smallest absolute Gasteiger partial charge is 0.287 e. The lowest BCUT2D eigenvalue weighted by Crippen LogP contribution is -2.02. The molecular formula is C20H16IN5O6. The predicted octanol–water partition coefficient (Wildman–Crippen LogP) is 4.54. The molecule has 164 valence electrons. The van der Waals surface area contributed by atoms with Crippen molar-refractivity contribution in [3.63, 3.8) is 0 Å². The van der Waals surface area contributed by atoms with E-state index in [9.17, 15) is 20.2 Å². The van der Waals surface area contributed by atoms with Crippen LogP contribution in [0.2, 0.25) is 0 Å². The Morgan fingerprint density at radius 2 is 1.91 bits per heavy atom. The van der Waals surface area contributed by atoms with Gasteiger partial charge in [-0.25, -0.2) is 4.98 Å². The predicted molar refractivity (Wildman–Crippen MR) is 125 cm³/mol. The number of non-ortho nitro benzene ring substituents is 1. The molecule has 0 radical (unpaired) electrons. The van der Waals surface area contributed by atoms with Crippen LogP contribution in [0, 0.1) is 23.8 Å². The molecule has 0 aliphatic heterocycles. The van der Waals surface area contributed by atoms with Crippen molar-refractivity contribution < 1.29 is 19.3 Å². The summed E-state index contributed by atoms with van der Waals surface area (Å²) in [5.41, 5.74) is 3.95. The van der Waals surface area contributed by atoms with Crippen molar-refractivity contribution in [2.45, 2.75) is 6.61 Å². The maximum Gasteiger partial charge on any atom is 0.287 e. The number of anilines is 1. The van der Waals surface area contributed by atoms with E-state index in [1.807, 2.05) is 6.07 Å². The van der Waals surface area contributed by atoms with Crippen LogP contribution in [-0.4, -0.2) is 28.2 Å². The number of aromatic nitrogens is 1. The first kappa shape index (κ1) is 22.9. The minimum atomic E-state index is -0.531. The third-order valence-corrected chi connectivity index (χ3v) is 4.91. The van der Waals surface area contributed by atoms with Gasteiger partial charge in [-0.1, -0.05) is 12.1 Å². The molecule has 0 unspecified atom stereocenters. The van der Waals surface area contributed by atoms with Crippen molar-refractivity contribution in [3.8, 4) is 11.5 Å². The van der Waals surface area contributed by atoms with Crippen LogP contribution < -0.4 is 14.9 Å². The Hall–Kier alpha value is -3.81. The summed E-state index contributed by atoms with van der Waals surface area (Å²) >= 11 is 2.10. The fraction of sp³-hybridized carbons (Fsp3) is 0.100. The second-order valence-electron chi connectivity index (χ2n) is 6.28. The zero-order valence-corrected chi connectivity index (χ0v) is 18.8. The third kappa shape index (κ3) is 5.87. The number of halogens is 1. The van der Waals surface area contributed by atoms with Crippen molar-refractivity contribution in [1.82, 2.24) is 4.98 Å². The molecule has 3 rings (SSSR count). The van der Waals surface area contributed by atoms with Gasteiger partial charge >= 0.3 is 0 Å². The highest BCUT2D eigenvalue weighted by atomic mass is 127. The zero-order valence-electron chi connectivity index (χ0n) is 16.6. The van der Waals surface area contributed by atoms with Gasteiger partial charge in [-0.3, -0.25) is 25.7 Å². The number of ether oxygens (including phenoxy) is 2. The van der Waals surface area contributed by atoms with E-state index in [0.29, 0.717) is 28.4 Å². The normalized spacial score (nSPS) is 10.7. The Bertz CT molecular complexity index is 1170. The maximum absolute atomic E-state index is 10.9. The molecule has 1 heterocycles. The van der Waals surface area contributed by atoms with Crippen molar-refractivity contribution in [1.29, 1.82) is 0 Å². The Kier molecular flexibility index (Phi) is 7.49. The summed E-state index contributed by atoms with van der Waals surface area (Å²) < 4.78 is 12.0. The number of nitrogens with one attached hydrogen (secondary N) is 1. The SMILES string of the molecule is COc1cc(/C=N/Nc2ccc([N+](=O)[O-])cn2)cc(I)c1OCc1cccc([N+](=O)[O-])c1. The quantitative estimate of drug-likeness (QED) is 0.178. The van der Waals surface area contributed by atoms with Gasteiger partial charge < -0.3 is 9.47 Å². The number of nitro groups is 2. The fourth-order valence-electron chi connectivity index (χ4n) is 2.60. The molecule has 0 fully saturated rings. The molecule has 12 heteroatoms. The number of hydrogen-bond donors (Lipinski definition) is 1. The van der Waals surface area contributed by atoms with Gasteiger partial charge in [0.1, 0.15) is 18.6 Å². The van der Waals surface area contributed by atoms with E-state index in [1.165, 1.54) is 37.6 Å². The van der Waals surface area contributed by atoms with Gasteiger partial charge in [0.15, 0.2) is 11.5 Å². The summed E-state index contributed by atoms with van der Waals surface area (Å²) in [6, 6.07) is 12.5. The van der Waals surface area contributed by atoms with E-state index in [0.717, 1.165) is 9.77 Å². The maximum atomic E-state index is 10.9. The van der Waals surface area contributed by atoms with Crippen molar-refractivity contribution in [2.24, 2.45) is 5.10 Å². The summed E-state index contributed by atoms with van der Waals surface area (Å²) in [6.07, 6.45) is 2.68. The lowest BCUT2D eigenvalue weighted by Gasteiger charge is -2.13. The number of rotatable bonds is 9. The Morgan fingerprint density at radius 3 is 2.56 bits per heavy atom. The number of nitro benzene ring substituents is 1. The first-order chi connectivity index (χ1) is 15.4. The Labute approximate surface area is 195 Å². The second-order valence-corrected chi connectivity index (χ2v) is 7.44. The number of methoxy groups -OCH3 is 1. The van der Waals surface area contributed by atoms with Crippen molar-refractivity contribution in [3.05, 3.63) is 89.7 Å². The number of pyridine rings is 1. The van der Waals surface area contributed by atoms with E-state index in [-0.39, 0.29) is 18.0 Å². The van der Waals surface area contributed by atoms with Crippen LogP contribution in [-0.2, 0) is 6.61 Å². The zero-order chi connectivity index (χ0) is 23.1. The highest BCUT2D eigenvalue weighted by Crippen LogP contribution is 2.34. The number of nitrogens with zero attached hydrogens (tertiary/aromatic N) is 4. The van der Waals surface area contributed by atoms with Crippen LogP contribution in [0.3, 0.4) is 0 Å². The van der Waals surface area contributed by atoms with Crippen LogP contribution in [0.15, 0.2) is 59.8 Å². The monoisotopic (exact) mass is 549 g/mol. The highest BCUT2D eigenvalue weighted by molar-refractivity contribution is 14.1. The molecule has 0 saturated carbocycles. The summed E-state index contributed by atoms with van der Waals surface area (Å²) in [7, 11) is 1.51. The molecule has 2 aromatic carbocycles. The molecule has 0 aliphatic carbocycles. The van der Waals surface area contributed by atoms with Crippen molar-refractivity contribution in [2.75, 3.05) is 12.5 Å². The highest BCUT2D eigenvalue weighted by Gasteiger charge is 2.13. The summed E-state index contributed by atoms with van der Waals surface area (Å²) in [4.78, 5) is 24.5. The van der Waals surface area contributed by atoms with E-state index in [1.54, 1.807) is 18.2 Å². The van der Waals surface area contributed by atoms with Gasteiger partial charge in [-0.05, 0) is 51.9 Å². The van der Waals surface area contributed by atoms with Gasteiger partial charge in [0, 0.05) is 18.2 Å². The number of hydrogen-bond acceptors (Lipinski definition) is 9. The molecule has 0 atom stereocenters. The minimum absolute atomic E-state index is 0.00525. The van der Waals surface area contributed by atoms with Gasteiger partial charge in [0.05, 0.1) is 26.7 Å². The molecule has 0 spiro atoms. The molecule has 1 aromatic heterocycles. The first-order valence-corrected chi connectivity index (χ1v) is 10.1. The standard InChI is InChI=1S/C20H16IN5O6/c1-31-18-9-14(10-23-24-19-6-5-16(11-22-19)26(29)30)8-17(21)20(18)32-12-13-3-2-4-15(7-13)25(27)28/h2-11H,12H2,1H3,(H,22,24)/b23-10+.